The number of hydrogen-bond acceptors (Lipinski definition) is 2. The Morgan fingerprint density at radius 3 is 2.57 bits per heavy atom. The van der Waals surface area contributed by atoms with Crippen LogP contribution in [0.4, 0.5) is 0 Å². The second-order valence-corrected chi connectivity index (χ2v) is 3.33. The maximum absolute atomic E-state index is 10.3. The molecule has 0 rings (SSSR count). The maximum Gasteiger partial charge on any atom is 0.331 e. The molecule has 0 fully saturated rings. The van der Waals surface area contributed by atoms with Crippen LogP contribution in [0.15, 0.2) is 12.2 Å². The van der Waals surface area contributed by atoms with Gasteiger partial charge in [-0.05, 0) is 6.42 Å². The maximum atomic E-state index is 10.3. The molecule has 3 nitrogen and oxygen atoms in total. The summed E-state index contributed by atoms with van der Waals surface area (Å²) in [5, 5.41) is 8.50. The lowest BCUT2D eigenvalue weighted by atomic mass is 10.2. The molecule has 0 saturated heterocycles. The fourth-order valence-electron chi connectivity index (χ4n) is 1.04. The van der Waals surface area contributed by atoms with E-state index >= 15 is 0 Å². The summed E-state index contributed by atoms with van der Waals surface area (Å²) in [5.41, 5.74) is 0.221. The zero-order valence-electron chi connectivity index (χ0n) is 8.92. The second-order valence-electron chi connectivity index (χ2n) is 3.33. The van der Waals surface area contributed by atoms with Crippen LogP contribution < -0.4 is 0 Å². The highest BCUT2D eigenvalue weighted by molar-refractivity contribution is 5.85. The summed E-state index contributed by atoms with van der Waals surface area (Å²) in [6, 6.07) is 0. The van der Waals surface area contributed by atoms with Gasteiger partial charge in [-0.3, -0.25) is 0 Å². The molecule has 0 unspecified atom stereocenters. The molecule has 0 saturated carbocycles. The second kappa shape index (κ2) is 8.75. The van der Waals surface area contributed by atoms with E-state index in [2.05, 4.69) is 13.5 Å². The third kappa shape index (κ3) is 7.80. The molecule has 0 spiro atoms. The Bertz CT molecular complexity index is 175. The van der Waals surface area contributed by atoms with E-state index in [0.29, 0.717) is 13.0 Å². The molecular formula is C11H20O3. The molecule has 82 valence electrons. The Morgan fingerprint density at radius 1 is 1.29 bits per heavy atom. The van der Waals surface area contributed by atoms with Crippen molar-refractivity contribution in [2.45, 2.75) is 39.0 Å². The van der Waals surface area contributed by atoms with Gasteiger partial charge in [0.25, 0.3) is 0 Å². The van der Waals surface area contributed by atoms with E-state index in [4.69, 9.17) is 9.84 Å². The lowest BCUT2D eigenvalue weighted by Crippen LogP contribution is -2.04. The fraction of sp³-hybridized carbons (Fsp3) is 0.727. The van der Waals surface area contributed by atoms with Crippen molar-refractivity contribution in [2.75, 3.05) is 13.2 Å². The molecule has 0 amide bonds. The van der Waals surface area contributed by atoms with E-state index in [9.17, 15) is 4.79 Å². The van der Waals surface area contributed by atoms with Crippen molar-refractivity contribution in [3.63, 3.8) is 0 Å². The first-order valence-electron chi connectivity index (χ1n) is 5.17. The number of unbranched alkanes of at least 4 members (excludes halogenated alkanes) is 3. The first kappa shape index (κ1) is 13.2. The molecule has 14 heavy (non-hydrogen) atoms. The standard InChI is InChI=1S/C11H20O3/c1-3-4-5-6-8-14-9-7-10(2)11(12)13/h2-9H2,1H3,(H,12,13). The number of carboxylic acids is 1. The quantitative estimate of drug-likeness (QED) is 0.459. The minimum Gasteiger partial charge on any atom is -0.478 e. The lowest BCUT2D eigenvalue weighted by Gasteiger charge is -2.03. The van der Waals surface area contributed by atoms with Gasteiger partial charge < -0.3 is 9.84 Å². The minimum atomic E-state index is -0.931. The molecule has 0 bridgehead atoms. The van der Waals surface area contributed by atoms with Gasteiger partial charge in [0, 0.05) is 18.6 Å². The number of hydrogen-bond donors (Lipinski definition) is 1. The van der Waals surface area contributed by atoms with E-state index in [1.54, 1.807) is 0 Å². The largest absolute Gasteiger partial charge is 0.478 e. The molecule has 0 atom stereocenters. The van der Waals surface area contributed by atoms with Crippen molar-refractivity contribution in [1.82, 2.24) is 0 Å². The van der Waals surface area contributed by atoms with Crippen molar-refractivity contribution in [2.24, 2.45) is 0 Å². The molecule has 1 N–H and O–H groups in total. The van der Waals surface area contributed by atoms with Gasteiger partial charge in [0.1, 0.15) is 0 Å². The Labute approximate surface area is 85.8 Å². The normalized spacial score (nSPS) is 10.1. The van der Waals surface area contributed by atoms with Crippen LogP contribution in [0.25, 0.3) is 0 Å². The Morgan fingerprint density at radius 2 is 2.00 bits per heavy atom. The van der Waals surface area contributed by atoms with Crippen LogP contribution in [0.3, 0.4) is 0 Å². The molecule has 3 heteroatoms. The predicted molar refractivity (Wildman–Crippen MR) is 56.4 cm³/mol. The molecule has 0 aromatic carbocycles. The summed E-state index contributed by atoms with van der Waals surface area (Å²) < 4.78 is 5.28. The van der Waals surface area contributed by atoms with Gasteiger partial charge in [0.2, 0.25) is 0 Å². The van der Waals surface area contributed by atoms with Gasteiger partial charge in [-0.25, -0.2) is 4.79 Å². The molecule has 0 aliphatic carbocycles. The highest BCUT2D eigenvalue weighted by atomic mass is 16.5. The van der Waals surface area contributed by atoms with Gasteiger partial charge in [0.05, 0.1) is 6.61 Å². The van der Waals surface area contributed by atoms with Crippen LogP contribution in [0, 0.1) is 0 Å². The SMILES string of the molecule is C=C(CCOCCCCCC)C(=O)O. The average molecular weight is 200 g/mol. The van der Waals surface area contributed by atoms with Crippen molar-refractivity contribution < 1.29 is 14.6 Å². The zero-order valence-corrected chi connectivity index (χ0v) is 8.92. The van der Waals surface area contributed by atoms with E-state index in [-0.39, 0.29) is 5.57 Å². The summed E-state index contributed by atoms with van der Waals surface area (Å²) in [4.78, 5) is 10.3. The van der Waals surface area contributed by atoms with Gasteiger partial charge in [-0.1, -0.05) is 32.8 Å². The van der Waals surface area contributed by atoms with E-state index < -0.39 is 5.97 Å². The van der Waals surface area contributed by atoms with Crippen molar-refractivity contribution in [1.29, 1.82) is 0 Å². The van der Waals surface area contributed by atoms with Gasteiger partial charge in [-0.15, -0.1) is 0 Å². The van der Waals surface area contributed by atoms with Gasteiger partial charge in [-0.2, -0.15) is 0 Å². The van der Waals surface area contributed by atoms with Gasteiger partial charge >= 0.3 is 5.97 Å². The van der Waals surface area contributed by atoms with Gasteiger partial charge in [0.15, 0.2) is 0 Å². The molecule has 0 aromatic heterocycles. The molecular weight excluding hydrogens is 180 g/mol. The van der Waals surface area contributed by atoms with Crippen LogP contribution in [0.5, 0.6) is 0 Å². The number of rotatable bonds is 9. The molecule has 0 aliphatic heterocycles. The fourth-order valence-corrected chi connectivity index (χ4v) is 1.04. The summed E-state index contributed by atoms with van der Waals surface area (Å²) in [6.07, 6.45) is 5.13. The molecule has 0 radical (unpaired) electrons. The van der Waals surface area contributed by atoms with Crippen molar-refractivity contribution >= 4 is 5.97 Å². The summed E-state index contributed by atoms with van der Waals surface area (Å²) >= 11 is 0. The smallest absolute Gasteiger partial charge is 0.331 e. The number of carboxylic acid groups (broad SMARTS) is 1. The summed E-state index contributed by atoms with van der Waals surface area (Å²) in [5.74, 6) is -0.931. The predicted octanol–water partition coefficient (Wildman–Crippen LogP) is 2.61. The zero-order chi connectivity index (χ0) is 10.8. The van der Waals surface area contributed by atoms with E-state index in [1.807, 2.05) is 0 Å². The minimum absolute atomic E-state index is 0.221. The van der Waals surface area contributed by atoms with Crippen molar-refractivity contribution in [3.05, 3.63) is 12.2 Å². The Kier molecular flexibility index (Phi) is 8.24. The monoisotopic (exact) mass is 200 g/mol. The Hall–Kier alpha value is -0.830. The van der Waals surface area contributed by atoms with Crippen LogP contribution in [0.1, 0.15) is 39.0 Å². The molecule has 0 aromatic rings. The van der Waals surface area contributed by atoms with Crippen molar-refractivity contribution in [3.8, 4) is 0 Å². The van der Waals surface area contributed by atoms with Crippen LogP contribution in [0.2, 0.25) is 0 Å². The van der Waals surface area contributed by atoms with Crippen LogP contribution in [-0.2, 0) is 9.53 Å². The third-order valence-corrected chi connectivity index (χ3v) is 1.99. The summed E-state index contributed by atoms with van der Waals surface area (Å²) in [6.45, 7) is 6.78. The number of carbonyl (C=O) groups is 1. The number of ether oxygens (including phenoxy) is 1. The van der Waals surface area contributed by atoms with E-state index in [1.165, 1.54) is 19.3 Å². The average Bonchev–Trinajstić information content (AvgIpc) is 2.16. The lowest BCUT2D eigenvalue weighted by molar-refractivity contribution is -0.132. The molecule has 0 heterocycles. The number of aliphatic carboxylic acids is 1. The topological polar surface area (TPSA) is 46.5 Å². The highest BCUT2D eigenvalue weighted by Gasteiger charge is 2.02. The summed E-state index contributed by atoms with van der Waals surface area (Å²) in [7, 11) is 0. The highest BCUT2D eigenvalue weighted by Crippen LogP contribution is 2.01. The molecule has 0 aliphatic rings. The first-order valence-corrected chi connectivity index (χ1v) is 5.17. The third-order valence-electron chi connectivity index (χ3n) is 1.99. The van der Waals surface area contributed by atoms with Crippen LogP contribution in [-0.4, -0.2) is 24.3 Å². The Balaban J connectivity index is 3.13. The first-order chi connectivity index (χ1) is 6.68. The van der Waals surface area contributed by atoms with Crippen LogP contribution >= 0.6 is 0 Å². The van der Waals surface area contributed by atoms with E-state index in [0.717, 1.165) is 13.0 Å².